The van der Waals surface area contributed by atoms with E-state index >= 15 is 0 Å². The maximum atomic E-state index is 13.0. The molecule has 0 bridgehead atoms. The number of hydrogen-bond donors (Lipinski definition) is 1. The second kappa shape index (κ2) is 10.3. The van der Waals surface area contributed by atoms with Gasteiger partial charge >= 0.3 is 0 Å². The van der Waals surface area contributed by atoms with Crippen LogP contribution in [0.1, 0.15) is 37.8 Å². The third-order valence-electron chi connectivity index (χ3n) is 5.64. The lowest BCUT2D eigenvalue weighted by Crippen LogP contribution is -3.11. The van der Waals surface area contributed by atoms with Gasteiger partial charge in [-0.25, -0.2) is 0 Å². The fourth-order valence-electron chi connectivity index (χ4n) is 4.02. The third-order valence-corrected chi connectivity index (χ3v) is 5.64. The highest BCUT2D eigenvalue weighted by Gasteiger charge is 2.30. The number of amides is 1. The summed E-state index contributed by atoms with van der Waals surface area (Å²) in [5.41, 5.74) is 2.54. The average Bonchev–Trinajstić information content (AvgIpc) is 2.74. The Morgan fingerprint density at radius 1 is 1.00 bits per heavy atom. The van der Waals surface area contributed by atoms with E-state index < -0.39 is 0 Å². The molecule has 1 saturated heterocycles. The SMILES string of the molecule is CCOc1ccc(C[NH+]2CCC(C(=O)N(CC)Cc3ccccc3)CC2)cc1. The maximum Gasteiger partial charge on any atom is 0.226 e. The third kappa shape index (κ3) is 5.59. The van der Waals surface area contributed by atoms with Gasteiger partial charge in [-0.15, -0.1) is 0 Å². The van der Waals surface area contributed by atoms with Crippen LogP contribution in [-0.4, -0.2) is 37.0 Å². The van der Waals surface area contributed by atoms with Crippen LogP contribution in [0.5, 0.6) is 5.75 Å². The van der Waals surface area contributed by atoms with Crippen molar-refractivity contribution in [3.8, 4) is 5.75 Å². The maximum absolute atomic E-state index is 13.0. The lowest BCUT2D eigenvalue weighted by atomic mass is 9.94. The number of piperidine rings is 1. The number of rotatable bonds is 8. The van der Waals surface area contributed by atoms with E-state index in [2.05, 4.69) is 43.3 Å². The minimum absolute atomic E-state index is 0.174. The molecule has 2 aromatic carbocycles. The van der Waals surface area contributed by atoms with Gasteiger partial charge in [-0.3, -0.25) is 4.79 Å². The molecule has 0 aromatic heterocycles. The van der Waals surface area contributed by atoms with Crippen LogP contribution in [0.4, 0.5) is 0 Å². The molecule has 1 heterocycles. The van der Waals surface area contributed by atoms with Gasteiger partial charge in [-0.1, -0.05) is 30.3 Å². The van der Waals surface area contributed by atoms with Gasteiger partial charge in [0.25, 0.3) is 0 Å². The highest BCUT2D eigenvalue weighted by atomic mass is 16.5. The van der Waals surface area contributed by atoms with Crippen molar-refractivity contribution >= 4 is 5.91 Å². The summed E-state index contributed by atoms with van der Waals surface area (Å²) >= 11 is 0. The summed E-state index contributed by atoms with van der Waals surface area (Å²) in [4.78, 5) is 16.6. The Morgan fingerprint density at radius 2 is 1.68 bits per heavy atom. The molecule has 4 heteroatoms. The first-order valence-electron chi connectivity index (χ1n) is 10.6. The molecular weight excluding hydrogens is 348 g/mol. The van der Waals surface area contributed by atoms with E-state index in [1.165, 1.54) is 11.1 Å². The molecule has 0 aliphatic carbocycles. The molecule has 28 heavy (non-hydrogen) atoms. The fourth-order valence-corrected chi connectivity index (χ4v) is 4.02. The van der Waals surface area contributed by atoms with E-state index in [0.29, 0.717) is 12.5 Å². The molecule has 0 unspecified atom stereocenters. The summed E-state index contributed by atoms with van der Waals surface area (Å²) in [6.45, 7) is 9.41. The summed E-state index contributed by atoms with van der Waals surface area (Å²) < 4.78 is 5.52. The van der Waals surface area contributed by atoms with Crippen molar-refractivity contribution in [1.82, 2.24) is 4.90 Å². The smallest absolute Gasteiger partial charge is 0.226 e. The van der Waals surface area contributed by atoms with E-state index in [0.717, 1.165) is 51.3 Å². The van der Waals surface area contributed by atoms with Gasteiger partial charge in [-0.05, 0) is 43.7 Å². The molecule has 1 aliphatic heterocycles. The fraction of sp³-hybridized carbons (Fsp3) is 0.458. The van der Waals surface area contributed by atoms with Crippen molar-refractivity contribution in [3.05, 3.63) is 65.7 Å². The number of nitrogens with zero attached hydrogens (tertiary/aromatic N) is 1. The summed E-state index contributed by atoms with van der Waals surface area (Å²) in [5, 5.41) is 0. The van der Waals surface area contributed by atoms with Crippen LogP contribution in [-0.2, 0) is 17.9 Å². The Hall–Kier alpha value is -2.33. The number of carbonyl (C=O) groups is 1. The number of quaternary nitrogens is 1. The normalized spacial score (nSPS) is 19.2. The Morgan fingerprint density at radius 3 is 2.29 bits per heavy atom. The topological polar surface area (TPSA) is 34.0 Å². The predicted octanol–water partition coefficient (Wildman–Crippen LogP) is 2.93. The van der Waals surface area contributed by atoms with Crippen molar-refractivity contribution in [2.75, 3.05) is 26.2 Å². The Kier molecular flexibility index (Phi) is 7.49. The number of benzene rings is 2. The van der Waals surface area contributed by atoms with Gasteiger partial charge in [0.05, 0.1) is 19.7 Å². The predicted molar refractivity (Wildman–Crippen MR) is 112 cm³/mol. The van der Waals surface area contributed by atoms with Crippen LogP contribution >= 0.6 is 0 Å². The molecule has 0 saturated carbocycles. The number of likely N-dealkylation sites (tertiary alicyclic amines) is 1. The van der Waals surface area contributed by atoms with Crippen molar-refractivity contribution in [1.29, 1.82) is 0 Å². The van der Waals surface area contributed by atoms with Gasteiger partial charge in [0.15, 0.2) is 0 Å². The van der Waals surface area contributed by atoms with Gasteiger partial charge in [0.2, 0.25) is 5.91 Å². The molecule has 4 nitrogen and oxygen atoms in total. The van der Waals surface area contributed by atoms with Crippen LogP contribution in [0.25, 0.3) is 0 Å². The van der Waals surface area contributed by atoms with Crippen LogP contribution in [0, 0.1) is 5.92 Å². The number of carbonyl (C=O) groups excluding carboxylic acids is 1. The summed E-state index contributed by atoms with van der Waals surface area (Å²) in [6.07, 6.45) is 1.97. The van der Waals surface area contributed by atoms with Crippen molar-refractivity contribution in [2.45, 2.75) is 39.8 Å². The first-order chi connectivity index (χ1) is 13.7. The molecule has 150 valence electrons. The lowest BCUT2D eigenvalue weighted by Gasteiger charge is -2.32. The Bertz CT molecular complexity index is 722. The molecule has 0 atom stereocenters. The van der Waals surface area contributed by atoms with Gasteiger partial charge in [-0.2, -0.15) is 0 Å². The molecular formula is C24H33N2O2+. The lowest BCUT2D eigenvalue weighted by molar-refractivity contribution is -0.919. The zero-order chi connectivity index (χ0) is 19.8. The molecule has 1 aliphatic rings. The highest BCUT2D eigenvalue weighted by molar-refractivity contribution is 5.78. The summed E-state index contributed by atoms with van der Waals surface area (Å²) in [7, 11) is 0. The second-order valence-electron chi connectivity index (χ2n) is 7.62. The van der Waals surface area contributed by atoms with Crippen LogP contribution in [0.15, 0.2) is 54.6 Å². The standard InChI is InChI=1S/C24H32N2O2/c1-3-26(19-20-8-6-5-7-9-20)24(27)22-14-16-25(17-15-22)18-21-10-12-23(13-11-21)28-4-2/h5-13,22H,3-4,14-19H2,1-2H3/p+1. The average molecular weight is 382 g/mol. The van der Waals surface area contributed by atoms with Crippen LogP contribution in [0.2, 0.25) is 0 Å². The molecule has 0 radical (unpaired) electrons. The molecule has 0 spiro atoms. The van der Waals surface area contributed by atoms with Crippen molar-refractivity contribution in [2.24, 2.45) is 5.92 Å². The monoisotopic (exact) mass is 381 g/mol. The van der Waals surface area contributed by atoms with Crippen LogP contribution < -0.4 is 9.64 Å². The van der Waals surface area contributed by atoms with Gasteiger partial charge in [0.1, 0.15) is 12.3 Å². The quantitative estimate of drug-likeness (QED) is 0.763. The molecule has 1 N–H and O–H groups in total. The Balaban J connectivity index is 1.49. The molecule has 1 fully saturated rings. The molecule has 3 rings (SSSR count). The zero-order valence-corrected chi connectivity index (χ0v) is 17.2. The van der Waals surface area contributed by atoms with Crippen LogP contribution in [0.3, 0.4) is 0 Å². The first kappa shape index (κ1) is 20.4. The number of nitrogens with one attached hydrogen (secondary N) is 1. The first-order valence-corrected chi connectivity index (χ1v) is 10.6. The molecule has 2 aromatic rings. The largest absolute Gasteiger partial charge is 0.494 e. The summed E-state index contributed by atoms with van der Waals surface area (Å²) in [6, 6.07) is 18.7. The highest BCUT2D eigenvalue weighted by Crippen LogP contribution is 2.17. The van der Waals surface area contributed by atoms with E-state index in [4.69, 9.17) is 4.74 Å². The zero-order valence-electron chi connectivity index (χ0n) is 17.2. The van der Waals surface area contributed by atoms with E-state index in [9.17, 15) is 4.79 Å². The van der Waals surface area contributed by atoms with Crippen molar-refractivity contribution in [3.63, 3.8) is 0 Å². The number of ether oxygens (including phenoxy) is 1. The minimum atomic E-state index is 0.174. The Labute approximate surface area is 169 Å². The second-order valence-corrected chi connectivity index (χ2v) is 7.62. The molecule has 1 amide bonds. The van der Waals surface area contributed by atoms with E-state index in [1.807, 2.05) is 30.0 Å². The van der Waals surface area contributed by atoms with Gasteiger partial charge in [0, 0.05) is 37.4 Å². The number of hydrogen-bond acceptors (Lipinski definition) is 2. The van der Waals surface area contributed by atoms with Gasteiger partial charge < -0.3 is 14.5 Å². The van der Waals surface area contributed by atoms with Crippen molar-refractivity contribution < 1.29 is 14.4 Å². The minimum Gasteiger partial charge on any atom is -0.494 e. The summed E-state index contributed by atoms with van der Waals surface area (Å²) in [5.74, 6) is 1.43. The van der Waals surface area contributed by atoms with E-state index in [-0.39, 0.29) is 5.92 Å². The van der Waals surface area contributed by atoms with E-state index in [1.54, 1.807) is 4.90 Å².